The normalized spacial score (nSPS) is 11.5. The molecule has 0 spiro atoms. The molecule has 0 fully saturated rings. The fraction of sp³-hybridized carbons (Fsp3) is 0.267. The molecule has 0 N–H and O–H groups in total. The molecule has 0 saturated carbocycles. The molecule has 0 aliphatic carbocycles. The number of carbonyl (C=O) groups is 2. The van der Waals surface area contributed by atoms with E-state index >= 15 is 0 Å². The predicted molar refractivity (Wildman–Crippen MR) is 76.3 cm³/mol. The van der Waals surface area contributed by atoms with Gasteiger partial charge in [0.05, 0.1) is 25.7 Å². The van der Waals surface area contributed by atoms with Crippen molar-refractivity contribution < 1.29 is 23.8 Å². The van der Waals surface area contributed by atoms with Crippen LogP contribution >= 0.6 is 0 Å². The number of ether oxygens (including phenoxy) is 3. The van der Waals surface area contributed by atoms with E-state index in [0.29, 0.717) is 0 Å². The zero-order valence-electron chi connectivity index (χ0n) is 12.3. The Morgan fingerprint density at radius 3 is 2.64 bits per heavy atom. The molecule has 2 aromatic rings. The molecule has 1 atom stereocenters. The van der Waals surface area contributed by atoms with Crippen molar-refractivity contribution in [1.29, 1.82) is 0 Å². The molecule has 1 heterocycles. The van der Waals surface area contributed by atoms with Gasteiger partial charge in [0.25, 0.3) is 0 Å². The van der Waals surface area contributed by atoms with Crippen molar-refractivity contribution in [1.82, 2.24) is 9.55 Å². The average Bonchev–Trinajstić information content (AvgIpc) is 3.04. The highest BCUT2D eigenvalue weighted by Gasteiger charge is 2.18. The molecule has 7 nitrogen and oxygen atoms in total. The summed E-state index contributed by atoms with van der Waals surface area (Å²) >= 11 is 0. The first kappa shape index (κ1) is 15.6. The van der Waals surface area contributed by atoms with Crippen LogP contribution < -0.4 is 0 Å². The monoisotopic (exact) mass is 304 g/mol. The van der Waals surface area contributed by atoms with Crippen molar-refractivity contribution in [2.75, 3.05) is 13.9 Å². The van der Waals surface area contributed by atoms with Gasteiger partial charge in [-0.3, -0.25) is 0 Å². The molecule has 7 heteroatoms. The highest BCUT2D eigenvalue weighted by Crippen LogP contribution is 2.19. The van der Waals surface area contributed by atoms with E-state index in [1.807, 2.05) is 37.3 Å². The maximum atomic E-state index is 12.0. The number of methoxy groups -OCH3 is 1. The van der Waals surface area contributed by atoms with Crippen molar-refractivity contribution >= 4 is 12.1 Å². The van der Waals surface area contributed by atoms with Gasteiger partial charge in [-0.25, -0.2) is 14.6 Å². The van der Waals surface area contributed by atoms with E-state index in [-0.39, 0.29) is 11.7 Å². The van der Waals surface area contributed by atoms with Crippen LogP contribution in [0, 0.1) is 0 Å². The largest absolute Gasteiger partial charge is 0.510 e. The number of nitrogens with zero attached hydrogens (tertiary/aromatic N) is 2. The van der Waals surface area contributed by atoms with Gasteiger partial charge < -0.3 is 18.8 Å². The molecule has 116 valence electrons. The minimum atomic E-state index is -0.918. The maximum Gasteiger partial charge on any atom is 0.510 e. The SMILES string of the molecule is COC(=O)OCOC(=O)c1cncn1[C@H](C)c1ccccc1. The molecule has 2 rings (SSSR count). The number of rotatable bonds is 5. The summed E-state index contributed by atoms with van der Waals surface area (Å²) in [6.45, 7) is 1.43. The lowest BCUT2D eigenvalue weighted by molar-refractivity contribution is -0.0227. The maximum absolute atomic E-state index is 12.0. The van der Waals surface area contributed by atoms with E-state index in [1.165, 1.54) is 13.3 Å². The topological polar surface area (TPSA) is 79.7 Å². The second-order valence-electron chi connectivity index (χ2n) is 4.42. The Bertz CT molecular complexity index is 638. The number of aromatic nitrogens is 2. The summed E-state index contributed by atoms with van der Waals surface area (Å²) in [6.07, 6.45) is 2.04. The third kappa shape index (κ3) is 3.63. The van der Waals surface area contributed by atoms with E-state index < -0.39 is 18.9 Å². The van der Waals surface area contributed by atoms with Crippen LogP contribution in [0.2, 0.25) is 0 Å². The minimum Gasteiger partial charge on any atom is -0.438 e. The van der Waals surface area contributed by atoms with Crippen molar-refractivity contribution in [3.05, 3.63) is 54.1 Å². The minimum absolute atomic E-state index is 0.0900. The summed E-state index contributed by atoms with van der Waals surface area (Å²) < 4.78 is 15.3. The van der Waals surface area contributed by atoms with E-state index in [0.717, 1.165) is 5.56 Å². The quantitative estimate of drug-likeness (QED) is 0.623. The average molecular weight is 304 g/mol. The Labute approximate surface area is 127 Å². The van der Waals surface area contributed by atoms with E-state index in [2.05, 4.69) is 14.5 Å². The van der Waals surface area contributed by atoms with Gasteiger partial charge in [-0.1, -0.05) is 30.3 Å². The molecule has 0 aliphatic rings. The first-order chi connectivity index (χ1) is 10.6. The van der Waals surface area contributed by atoms with E-state index in [4.69, 9.17) is 4.74 Å². The summed E-state index contributed by atoms with van der Waals surface area (Å²) in [5, 5.41) is 0. The number of carbonyl (C=O) groups excluding carboxylic acids is 2. The molecule has 0 aliphatic heterocycles. The molecule has 22 heavy (non-hydrogen) atoms. The number of hydrogen-bond donors (Lipinski definition) is 0. The Hall–Kier alpha value is -2.83. The van der Waals surface area contributed by atoms with Gasteiger partial charge in [0.1, 0.15) is 5.69 Å². The van der Waals surface area contributed by atoms with Gasteiger partial charge in [-0.15, -0.1) is 0 Å². The van der Waals surface area contributed by atoms with E-state index in [1.54, 1.807) is 10.9 Å². The molecule has 1 aromatic heterocycles. The van der Waals surface area contributed by atoms with Crippen molar-refractivity contribution in [3.8, 4) is 0 Å². The fourth-order valence-corrected chi connectivity index (χ4v) is 1.93. The molecule has 1 aromatic carbocycles. The molecule has 0 radical (unpaired) electrons. The smallest absolute Gasteiger partial charge is 0.438 e. The summed E-state index contributed by atoms with van der Waals surface area (Å²) in [7, 11) is 1.17. The third-order valence-electron chi connectivity index (χ3n) is 3.11. The molecule has 0 unspecified atom stereocenters. The number of imidazole rings is 1. The van der Waals surface area contributed by atoms with Crippen LogP contribution in [-0.4, -0.2) is 35.6 Å². The first-order valence-electron chi connectivity index (χ1n) is 6.58. The summed E-state index contributed by atoms with van der Waals surface area (Å²) in [4.78, 5) is 26.8. The van der Waals surface area contributed by atoms with Gasteiger partial charge >= 0.3 is 12.1 Å². The van der Waals surface area contributed by atoms with Gasteiger partial charge in [0.15, 0.2) is 0 Å². The van der Waals surface area contributed by atoms with Crippen LogP contribution in [0.25, 0.3) is 0 Å². The lowest BCUT2D eigenvalue weighted by Crippen LogP contribution is -2.18. The zero-order valence-corrected chi connectivity index (χ0v) is 12.3. The summed E-state index contributed by atoms with van der Waals surface area (Å²) in [5.74, 6) is -0.635. The fourth-order valence-electron chi connectivity index (χ4n) is 1.93. The molecule has 0 amide bonds. The molecular weight excluding hydrogens is 288 g/mol. The lowest BCUT2D eigenvalue weighted by Gasteiger charge is -2.16. The zero-order chi connectivity index (χ0) is 15.9. The van der Waals surface area contributed by atoms with E-state index in [9.17, 15) is 9.59 Å². The first-order valence-corrected chi connectivity index (χ1v) is 6.58. The summed E-state index contributed by atoms with van der Waals surface area (Å²) in [5.41, 5.74) is 1.30. The number of esters is 1. The van der Waals surface area contributed by atoms with Gasteiger partial charge in [-0.2, -0.15) is 0 Å². The Balaban J connectivity index is 2.06. The predicted octanol–water partition coefficient (Wildman–Crippen LogP) is 2.39. The van der Waals surface area contributed by atoms with Gasteiger partial charge in [0.2, 0.25) is 6.79 Å². The molecular formula is C15H16N2O5. The van der Waals surface area contributed by atoms with Gasteiger partial charge in [0, 0.05) is 0 Å². The van der Waals surface area contributed by atoms with Crippen LogP contribution in [0.5, 0.6) is 0 Å². The lowest BCUT2D eigenvalue weighted by atomic mass is 10.1. The highest BCUT2D eigenvalue weighted by atomic mass is 16.8. The highest BCUT2D eigenvalue weighted by molar-refractivity contribution is 5.87. The Morgan fingerprint density at radius 2 is 1.95 bits per heavy atom. The Morgan fingerprint density at radius 1 is 1.23 bits per heavy atom. The second-order valence-corrected chi connectivity index (χ2v) is 4.42. The Kier molecular flexibility index (Phi) is 5.13. The van der Waals surface area contributed by atoms with Crippen LogP contribution in [0.1, 0.15) is 29.0 Å². The van der Waals surface area contributed by atoms with Crippen LogP contribution in [-0.2, 0) is 14.2 Å². The molecule has 0 saturated heterocycles. The van der Waals surface area contributed by atoms with Crippen LogP contribution in [0.4, 0.5) is 4.79 Å². The summed E-state index contributed by atoms with van der Waals surface area (Å²) in [6, 6.07) is 9.59. The standard InChI is InChI=1S/C15H16N2O5/c1-11(12-6-4-3-5-7-12)17-9-16-8-13(17)14(18)21-10-22-15(19)20-2/h3-9,11H,10H2,1-2H3/t11-/m1/s1. The van der Waals surface area contributed by atoms with Crippen LogP contribution in [0.15, 0.2) is 42.9 Å². The van der Waals surface area contributed by atoms with Crippen molar-refractivity contribution in [2.45, 2.75) is 13.0 Å². The van der Waals surface area contributed by atoms with Gasteiger partial charge in [-0.05, 0) is 12.5 Å². The second kappa shape index (κ2) is 7.26. The van der Waals surface area contributed by atoms with Crippen molar-refractivity contribution in [2.24, 2.45) is 0 Å². The molecule has 0 bridgehead atoms. The van der Waals surface area contributed by atoms with Crippen molar-refractivity contribution in [3.63, 3.8) is 0 Å². The number of hydrogen-bond acceptors (Lipinski definition) is 6. The third-order valence-corrected chi connectivity index (χ3v) is 3.11. The van der Waals surface area contributed by atoms with Crippen LogP contribution in [0.3, 0.4) is 0 Å². The number of benzene rings is 1.